The number of aromatic nitrogens is 1. The van der Waals surface area contributed by atoms with Crippen molar-refractivity contribution in [3.8, 4) is 5.75 Å². The van der Waals surface area contributed by atoms with Crippen LogP contribution in [0.3, 0.4) is 0 Å². The summed E-state index contributed by atoms with van der Waals surface area (Å²) < 4.78 is 5.24. The lowest BCUT2D eigenvalue weighted by Crippen LogP contribution is -1.85. The predicted molar refractivity (Wildman–Crippen MR) is 59.6 cm³/mol. The Kier molecular flexibility index (Phi) is 2.46. The van der Waals surface area contributed by atoms with E-state index in [1.165, 1.54) is 0 Å². The summed E-state index contributed by atoms with van der Waals surface area (Å²) in [5.74, 6) is 0.773. The summed E-state index contributed by atoms with van der Waals surface area (Å²) in [6, 6.07) is 5.70. The van der Waals surface area contributed by atoms with Gasteiger partial charge in [0.2, 0.25) is 0 Å². The van der Waals surface area contributed by atoms with Crippen LogP contribution >= 0.6 is 0 Å². The van der Waals surface area contributed by atoms with Crippen LogP contribution in [0.1, 0.15) is 23.0 Å². The number of carbonyl (C=O) groups is 1. The molecule has 2 rings (SSSR count). The molecule has 1 heterocycles. The molecule has 0 spiro atoms. The van der Waals surface area contributed by atoms with Crippen LogP contribution in [0.2, 0.25) is 0 Å². The smallest absolute Gasteiger partial charge is 0.152 e. The molecule has 1 N–H and O–H groups in total. The molecule has 0 aliphatic rings. The number of methoxy groups -OCH3 is 1. The summed E-state index contributed by atoms with van der Waals surface area (Å²) >= 11 is 0. The van der Waals surface area contributed by atoms with E-state index in [9.17, 15) is 4.79 Å². The lowest BCUT2D eigenvalue weighted by Gasteiger charge is -1.99. The Labute approximate surface area is 88.1 Å². The van der Waals surface area contributed by atoms with E-state index < -0.39 is 0 Å². The maximum atomic E-state index is 11.0. The van der Waals surface area contributed by atoms with Crippen LogP contribution in [0.5, 0.6) is 5.75 Å². The van der Waals surface area contributed by atoms with Gasteiger partial charge in [0, 0.05) is 16.6 Å². The summed E-state index contributed by atoms with van der Waals surface area (Å²) in [6.07, 6.45) is 1.71. The third kappa shape index (κ3) is 1.40. The monoisotopic (exact) mass is 203 g/mol. The minimum absolute atomic E-state index is 0.742. The van der Waals surface area contributed by atoms with Crippen LogP contribution < -0.4 is 4.74 Å². The SMILES string of the molecule is CCc1[nH]c2c(OC)cccc2c1C=O. The molecule has 3 nitrogen and oxygen atoms in total. The first kappa shape index (κ1) is 9.77. The van der Waals surface area contributed by atoms with Gasteiger partial charge in [-0.3, -0.25) is 4.79 Å². The van der Waals surface area contributed by atoms with Gasteiger partial charge < -0.3 is 9.72 Å². The van der Waals surface area contributed by atoms with E-state index in [0.29, 0.717) is 0 Å². The van der Waals surface area contributed by atoms with E-state index in [-0.39, 0.29) is 0 Å². The maximum Gasteiger partial charge on any atom is 0.152 e. The number of ether oxygens (including phenoxy) is 1. The van der Waals surface area contributed by atoms with E-state index in [1.807, 2.05) is 25.1 Å². The summed E-state index contributed by atoms with van der Waals surface area (Å²) in [7, 11) is 1.63. The van der Waals surface area contributed by atoms with Crippen molar-refractivity contribution in [2.24, 2.45) is 0 Å². The minimum atomic E-state index is 0.742. The molecule has 0 saturated heterocycles. The number of rotatable bonds is 3. The topological polar surface area (TPSA) is 42.1 Å². The molecule has 1 aromatic carbocycles. The molecule has 0 saturated carbocycles. The van der Waals surface area contributed by atoms with Crippen LogP contribution in [0, 0.1) is 0 Å². The highest BCUT2D eigenvalue weighted by molar-refractivity contribution is 6.01. The van der Waals surface area contributed by atoms with Gasteiger partial charge in [-0.25, -0.2) is 0 Å². The number of nitrogens with one attached hydrogen (secondary N) is 1. The normalized spacial score (nSPS) is 10.5. The number of aryl methyl sites for hydroxylation is 1. The zero-order valence-corrected chi connectivity index (χ0v) is 8.83. The number of carbonyl (C=O) groups excluding carboxylic acids is 1. The molecular weight excluding hydrogens is 190 g/mol. The Morgan fingerprint density at radius 3 is 2.87 bits per heavy atom. The van der Waals surface area contributed by atoms with E-state index >= 15 is 0 Å². The number of H-pyrrole nitrogens is 1. The number of hydrogen-bond donors (Lipinski definition) is 1. The Morgan fingerprint density at radius 2 is 2.27 bits per heavy atom. The van der Waals surface area contributed by atoms with Gasteiger partial charge in [0.1, 0.15) is 5.75 Å². The van der Waals surface area contributed by atoms with Gasteiger partial charge in [-0.1, -0.05) is 19.1 Å². The fraction of sp³-hybridized carbons (Fsp3) is 0.250. The molecular formula is C12H13NO2. The highest BCUT2D eigenvalue weighted by Crippen LogP contribution is 2.28. The average Bonchev–Trinajstić information content (AvgIpc) is 2.66. The molecule has 3 heteroatoms. The summed E-state index contributed by atoms with van der Waals surface area (Å²) in [4.78, 5) is 14.2. The summed E-state index contributed by atoms with van der Waals surface area (Å²) in [5, 5.41) is 0.932. The van der Waals surface area contributed by atoms with Gasteiger partial charge >= 0.3 is 0 Å². The van der Waals surface area contributed by atoms with Crippen molar-refractivity contribution in [3.05, 3.63) is 29.5 Å². The van der Waals surface area contributed by atoms with Gasteiger partial charge in [0.25, 0.3) is 0 Å². The van der Waals surface area contributed by atoms with Crippen LogP contribution in [0.25, 0.3) is 10.9 Å². The van der Waals surface area contributed by atoms with Crippen molar-refractivity contribution in [2.75, 3.05) is 7.11 Å². The Morgan fingerprint density at radius 1 is 1.47 bits per heavy atom. The number of hydrogen-bond acceptors (Lipinski definition) is 2. The number of fused-ring (bicyclic) bond motifs is 1. The lowest BCUT2D eigenvalue weighted by atomic mass is 10.1. The molecule has 2 aromatic rings. The minimum Gasteiger partial charge on any atom is -0.495 e. The van der Waals surface area contributed by atoms with Crippen LogP contribution in [0.4, 0.5) is 0 Å². The van der Waals surface area contributed by atoms with Crippen molar-refractivity contribution in [3.63, 3.8) is 0 Å². The number of para-hydroxylation sites is 1. The highest BCUT2D eigenvalue weighted by atomic mass is 16.5. The van der Waals surface area contributed by atoms with Gasteiger partial charge in [-0.05, 0) is 12.5 Å². The Hall–Kier alpha value is -1.77. The van der Waals surface area contributed by atoms with E-state index in [4.69, 9.17) is 4.74 Å². The largest absolute Gasteiger partial charge is 0.495 e. The van der Waals surface area contributed by atoms with Crippen molar-refractivity contribution < 1.29 is 9.53 Å². The summed E-state index contributed by atoms with van der Waals surface area (Å²) in [5.41, 5.74) is 2.61. The molecule has 0 atom stereocenters. The molecule has 0 unspecified atom stereocenters. The standard InChI is InChI=1S/C12H13NO2/c1-3-10-9(7-14)8-5-4-6-11(15-2)12(8)13-10/h4-7,13H,3H2,1-2H3. The molecule has 0 aliphatic heterocycles. The maximum absolute atomic E-state index is 11.0. The van der Waals surface area contributed by atoms with Gasteiger partial charge in [-0.2, -0.15) is 0 Å². The molecule has 15 heavy (non-hydrogen) atoms. The zero-order chi connectivity index (χ0) is 10.8. The predicted octanol–water partition coefficient (Wildman–Crippen LogP) is 2.55. The van der Waals surface area contributed by atoms with Gasteiger partial charge in [0.15, 0.2) is 6.29 Å². The molecule has 0 radical (unpaired) electrons. The van der Waals surface area contributed by atoms with Crippen LogP contribution in [-0.2, 0) is 6.42 Å². The van der Waals surface area contributed by atoms with Crippen molar-refractivity contribution in [1.82, 2.24) is 4.98 Å². The van der Waals surface area contributed by atoms with Crippen LogP contribution in [0.15, 0.2) is 18.2 Å². The van der Waals surface area contributed by atoms with E-state index in [0.717, 1.165) is 40.6 Å². The first-order chi connectivity index (χ1) is 7.31. The second-order valence-corrected chi connectivity index (χ2v) is 3.37. The van der Waals surface area contributed by atoms with Gasteiger partial charge in [0.05, 0.1) is 12.6 Å². The number of aromatic amines is 1. The van der Waals surface area contributed by atoms with Gasteiger partial charge in [-0.15, -0.1) is 0 Å². The molecule has 0 amide bonds. The first-order valence-electron chi connectivity index (χ1n) is 4.94. The zero-order valence-electron chi connectivity index (χ0n) is 8.83. The fourth-order valence-electron chi connectivity index (χ4n) is 1.85. The highest BCUT2D eigenvalue weighted by Gasteiger charge is 2.11. The lowest BCUT2D eigenvalue weighted by molar-refractivity contribution is 0.112. The molecule has 0 aliphatic carbocycles. The van der Waals surface area contributed by atoms with Crippen LogP contribution in [-0.4, -0.2) is 18.4 Å². The third-order valence-electron chi connectivity index (χ3n) is 2.61. The van der Waals surface area contributed by atoms with Crippen molar-refractivity contribution >= 4 is 17.2 Å². The Balaban J connectivity index is 2.80. The third-order valence-corrected chi connectivity index (χ3v) is 2.61. The summed E-state index contributed by atoms with van der Waals surface area (Å²) in [6.45, 7) is 2.02. The second kappa shape index (κ2) is 3.77. The molecule has 78 valence electrons. The molecule has 0 fully saturated rings. The number of aldehydes is 1. The van der Waals surface area contributed by atoms with Crippen molar-refractivity contribution in [1.29, 1.82) is 0 Å². The fourth-order valence-corrected chi connectivity index (χ4v) is 1.85. The van der Waals surface area contributed by atoms with Crippen molar-refractivity contribution in [2.45, 2.75) is 13.3 Å². The number of benzene rings is 1. The van der Waals surface area contributed by atoms with E-state index in [2.05, 4.69) is 4.98 Å². The quantitative estimate of drug-likeness (QED) is 0.779. The average molecular weight is 203 g/mol. The molecule has 0 bridgehead atoms. The second-order valence-electron chi connectivity index (χ2n) is 3.37. The Bertz CT molecular complexity index is 500. The first-order valence-corrected chi connectivity index (χ1v) is 4.94. The van der Waals surface area contributed by atoms with E-state index in [1.54, 1.807) is 7.11 Å². The molecule has 1 aromatic heterocycles.